The second kappa shape index (κ2) is 9.12. The van der Waals surface area contributed by atoms with Gasteiger partial charge in [-0.1, -0.05) is 46.9 Å². The molecule has 0 bridgehead atoms. The molecule has 2 aromatic carbocycles. The number of ether oxygens (including phenoxy) is 1. The Bertz CT molecular complexity index is 794. The van der Waals surface area contributed by atoms with Crippen LogP contribution in [0.4, 0.5) is 5.69 Å². The van der Waals surface area contributed by atoms with Gasteiger partial charge in [0.15, 0.2) is 6.10 Å². The Hall–Kier alpha value is -1.95. The van der Waals surface area contributed by atoms with Crippen molar-refractivity contribution in [2.75, 3.05) is 18.9 Å². The van der Waals surface area contributed by atoms with E-state index in [1.165, 1.54) is 11.9 Å². The molecule has 2 amide bonds. The number of nitrogens with one attached hydrogen (secondary N) is 1. The number of halogens is 3. The molecular weight excluding hydrogens is 399 g/mol. The van der Waals surface area contributed by atoms with E-state index in [1.54, 1.807) is 49.4 Å². The van der Waals surface area contributed by atoms with Gasteiger partial charge in [-0.2, -0.15) is 0 Å². The fourth-order valence-corrected chi connectivity index (χ4v) is 2.87. The van der Waals surface area contributed by atoms with Crippen molar-refractivity contribution in [3.05, 3.63) is 57.5 Å². The lowest BCUT2D eigenvalue weighted by molar-refractivity contribution is -0.139. The number of nitrogens with zero attached hydrogens (tertiary/aromatic N) is 1. The average Bonchev–Trinajstić information content (AvgIpc) is 2.57. The summed E-state index contributed by atoms with van der Waals surface area (Å²) >= 11 is 17.9. The van der Waals surface area contributed by atoms with Crippen molar-refractivity contribution < 1.29 is 14.3 Å². The summed E-state index contributed by atoms with van der Waals surface area (Å²) in [6.07, 6.45) is -0.782. The zero-order chi connectivity index (χ0) is 19.3. The molecule has 0 aliphatic heterocycles. The largest absolute Gasteiger partial charge is 0.481 e. The molecule has 1 N–H and O–H groups in total. The quantitative estimate of drug-likeness (QED) is 0.755. The van der Waals surface area contributed by atoms with Crippen LogP contribution in [0.5, 0.6) is 5.75 Å². The van der Waals surface area contributed by atoms with Crippen LogP contribution >= 0.6 is 34.8 Å². The highest BCUT2D eigenvalue weighted by Crippen LogP contribution is 2.29. The number of benzene rings is 2. The number of likely N-dealkylation sites (N-methyl/N-ethyl adjacent to an activating group) is 1. The monoisotopic (exact) mass is 414 g/mol. The molecular formula is C18H17Cl3N2O3. The molecule has 0 spiro atoms. The minimum atomic E-state index is -0.782. The number of carbonyl (C=O) groups is 2. The summed E-state index contributed by atoms with van der Waals surface area (Å²) in [6.45, 7) is 1.42. The van der Waals surface area contributed by atoms with E-state index in [9.17, 15) is 9.59 Å². The molecule has 0 aliphatic carbocycles. The van der Waals surface area contributed by atoms with Gasteiger partial charge in [-0.3, -0.25) is 9.59 Å². The van der Waals surface area contributed by atoms with Crippen LogP contribution in [0.15, 0.2) is 42.5 Å². The van der Waals surface area contributed by atoms with Crippen LogP contribution < -0.4 is 10.1 Å². The van der Waals surface area contributed by atoms with E-state index in [1.807, 2.05) is 0 Å². The zero-order valence-electron chi connectivity index (χ0n) is 14.1. The van der Waals surface area contributed by atoms with Crippen LogP contribution in [-0.2, 0) is 9.59 Å². The number of amides is 2. The number of rotatable bonds is 6. The Kier molecular flexibility index (Phi) is 7.14. The average molecular weight is 416 g/mol. The summed E-state index contributed by atoms with van der Waals surface area (Å²) in [5, 5.41) is 3.75. The van der Waals surface area contributed by atoms with Crippen molar-refractivity contribution in [2.24, 2.45) is 0 Å². The number of hydrogen-bond acceptors (Lipinski definition) is 3. The summed E-state index contributed by atoms with van der Waals surface area (Å²) in [4.78, 5) is 25.8. The maximum absolute atomic E-state index is 12.4. The van der Waals surface area contributed by atoms with E-state index in [-0.39, 0.29) is 12.5 Å². The molecule has 0 aromatic heterocycles. The molecule has 0 aliphatic rings. The van der Waals surface area contributed by atoms with Gasteiger partial charge in [-0.25, -0.2) is 0 Å². The van der Waals surface area contributed by atoms with Gasteiger partial charge in [0.1, 0.15) is 5.75 Å². The van der Waals surface area contributed by atoms with E-state index in [2.05, 4.69) is 5.32 Å². The smallest absolute Gasteiger partial charge is 0.263 e. The molecule has 0 saturated carbocycles. The number of carbonyl (C=O) groups excluding carboxylic acids is 2. The topological polar surface area (TPSA) is 58.6 Å². The van der Waals surface area contributed by atoms with E-state index in [4.69, 9.17) is 39.5 Å². The Morgan fingerprint density at radius 2 is 1.73 bits per heavy atom. The minimum Gasteiger partial charge on any atom is -0.481 e. The summed E-state index contributed by atoms with van der Waals surface area (Å²) in [7, 11) is 1.51. The molecule has 1 unspecified atom stereocenters. The first-order valence-corrected chi connectivity index (χ1v) is 8.82. The third-order valence-corrected chi connectivity index (χ3v) is 4.31. The Morgan fingerprint density at radius 3 is 2.35 bits per heavy atom. The van der Waals surface area contributed by atoms with Crippen LogP contribution in [0.25, 0.3) is 0 Å². The van der Waals surface area contributed by atoms with Gasteiger partial charge in [0.2, 0.25) is 5.91 Å². The summed E-state index contributed by atoms with van der Waals surface area (Å²) in [5.41, 5.74) is 0.310. The van der Waals surface area contributed by atoms with Crippen molar-refractivity contribution in [1.29, 1.82) is 0 Å². The Labute approximate surface area is 166 Å². The number of anilines is 1. The maximum Gasteiger partial charge on any atom is 0.263 e. The lowest BCUT2D eigenvalue weighted by Crippen LogP contribution is -2.42. The second-order valence-electron chi connectivity index (χ2n) is 5.56. The van der Waals surface area contributed by atoms with Gasteiger partial charge >= 0.3 is 0 Å². The minimum absolute atomic E-state index is 0.177. The lowest BCUT2D eigenvalue weighted by atomic mass is 10.3. The third kappa shape index (κ3) is 5.53. The predicted molar refractivity (Wildman–Crippen MR) is 104 cm³/mol. The molecule has 0 radical (unpaired) electrons. The Morgan fingerprint density at radius 1 is 1.12 bits per heavy atom. The molecule has 0 fully saturated rings. The van der Waals surface area contributed by atoms with E-state index in [0.717, 1.165) is 0 Å². The van der Waals surface area contributed by atoms with Gasteiger partial charge in [-0.15, -0.1) is 0 Å². The third-order valence-electron chi connectivity index (χ3n) is 3.44. The molecule has 138 valence electrons. The molecule has 5 nitrogen and oxygen atoms in total. The highest BCUT2D eigenvalue weighted by molar-refractivity contribution is 6.39. The highest BCUT2D eigenvalue weighted by Gasteiger charge is 2.22. The van der Waals surface area contributed by atoms with Crippen LogP contribution in [0, 0.1) is 0 Å². The van der Waals surface area contributed by atoms with Gasteiger partial charge in [0.25, 0.3) is 5.91 Å². The van der Waals surface area contributed by atoms with Crippen molar-refractivity contribution in [3.8, 4) is 5.75 Å². The normalized spacial score (nSPS) is 11.6. The van der Waals surface area contributed by atoms with Crippen molar-refractivity contribution in [3.63, 3.8) is 0 Å². The fourth-order valence-electron chi connectivity index (χ4n) is 2.19. The van der Waals surface area contributed by atoms with Gasteiger partial charge in [-0.05, 0) is 37.3 Å². The Balaban J connectivity index is 1.94. The number of para-hydroxylation sites is 1. The van der Waals surface area contributed by atoms with Gasteiger partial charge < -0.3 is 15.0 Å². The lowest BCUT2D eigenvalue weighted by Gasteiger charge is -2.22. The van der Waals surface area contributed by atoms with E-state index < -0.39 is 12.0 Å². The molecule has 2 aromatic rings. The number of hydrogen-bond donors (Lipinski definition) is 1. The molecule has 2 rings (SSSR count). The summed E-state index contributed by atoms with van der Waals surface area (Å²) in [6, 6.07) is 11.6. The first kappa shape index (κ1) is 20.4. The van der Waals surface area contributed by atoms with Gasteiger partial charge in [0.05, 0.1) is 22.3 Å². The zero-order valence-corrected chi connectivity index (χ0v) is 16.4. The molecule has 26 heavy (non-hydrogen) atoms. The fraction of sp³-hybridized carbons (Fsp3) is 0.222. The second-order valence-corrected chi connectivity index (χ2v) is 6.81. The molecule has 1 atom stereocenters. The first-order chi connectivity index (χ1) is 12.3. The van der Waals surface area contributed by atoms with Crippen molar-refractivity contribution in [2.45, 2.75) is 13.0 Å². The molecule has 0 saturated heterocycles. The SMILES string of the molecule is CC(Oc1cccc(Cl)c1)C(=O)N(C)CC(=O)Nc1c(Cl)cccc1Cl. The van der Waals surface area contributed by atoms with E-state index >= 15 is 0 Å². The molecule has 0 heterocycles. The van der Waals surface area contributed by atoms with Crippen molar-refractivity contribution >= 4 is 52.3 Å². The standard InChI is InChI=1S/C18H17Cl3N2O3/c1-11(26-13-6-3-5-12(19)9-13)18(25)23(2)10-16(24)22-17-14(20)7-4-8-15(17)21/h3-9,11H,10H2,1-2H3,(H,22,24). The maximum atomic E-state index is 12.4. The van der Waals surface area contributed by atoms with Crippen LogP contribution in [-0.4, -0.2) is 36.4 Å². The molecule has 8 heteroatoms. The van der Waals surface area contributed by atoms with Crippen molar-refractivity contribution in [1.82, 2.24) is 4.90 Å². The first-order valence-electron chi connectivity index (χ1n) is 7.69. The van der Waals surface area contributed by atoms with Crippen LogP contribution in [0.3, 0.4) is 0 Å². The summed E-state index contributed by atoms with van der Waals surface area (Å²) in [5.74, 6) is -0.310. The van der Waals surface area contributed by atoms with Crippen LogP contribution in [0.1, 0.15) is 6.92 Å². The van der Waals surface area contributed by atoms with E-state index in [0.29, 0.717) is 26.5 Å². The van der Waals surface area contributed by atoms with Crippen LogP contribution in [0.2, 0.25) is 15.1 Å². The summed E-state index contributed by atoms with van der Waals surface area (Å²) < 4.78 is 5.57. The van der Waals surface area contributed by atoms with Gasteiger partial charge in [0, 0.05) is 12.1 Å². The predicted octanol–water partition coefficient (Wildman–Crippen LogP) is 4.51. The highest BCUT2D eigenvalue weighted by atomic mass is 35.5.